The highest BCUT2D eigenvalue weighted by atomic mass is 16.5. The van der Waals surface area contributed by atoms with Crippen LogP contribution in [0.3, 0.4) is 0 Å². The highest BCUT2D eigenvalue weighted by Gasteiger charge is 2.38. The first kappa shape index (κ1) is 22.9. The van der Waals surface area contributed by atoms with Crippen LogP contribution in [0.25, 0.3) is 0 Å². The number of ketones is 1. The fourth-order valence-electron chi connectivity index (χ4n) is 5.05. The molecule has 5 nitrogen and oxygen atoms in total. The molecule has 2 aliphatic rings. The molecular weight excluding hydrogens is 438 g/mol. The predicted molar refractivity (Wildman–Crippen MR) is 134 cm³/mol. The molecule has 0 aromatic heterocycles. The quantitative estimate of drug-likeness (QED) is 0.486. The standard InChI is InChI=1S/C30H29NO4/c1-2-34-24-13-11-21(12-14-24)23-16-27-30(28(32)17-23)26(18-29(33)31-27)22-9-6-10-25(15-22)35-19-20-7-4-3-5-8-20/h3-15,23,26H,2,16-19H2,1H3,(H,31,33). The lowest BCUT2D eigenvalue weighted by Crippen LogP contribution is -2.38. The maximum atomic E-state index is 13.4. The van der Waals surface area contributed by atoms with Crippen molar-refractivity contribution in [3.63, 3.8) is 0 Å². The lowest BCUT2D eigenvalue weighted by Gasteiger charge is -2.34. The van der Waals surface area contributed by atoms with Crippen molar-refractivity contribution in [2.45, 2.75) is 44.6 Å². The number of carbonyl (C=O) groups excluding carboxylic acids is 2. The van der Waals surface area contributed by atoms with E-state index < -0.39 is 0 Å². The zero-order valence-corrected chi connectivity index (χ0v) is 19.8. The normalized spacial score (nSPS) is 19.7. The Labute approximate surface area is 205 Å². The van der Waals surface area contributed by atoms with Gasteiger partial charge in [0.05, 0.1) is 6.61 Å². The number of nitrogens with one attached hydrogen (secondary N) is 1. The Morgan fingerprint density at radius 2 is 1.60 bits per heavy atom. The van der Waals surface area contributed by atoms with Crippen molar-refractivity contribution in [2.75, 3.05) is 6.61 Å². The van der Waals surface area contributed by atoms with E-state index in [4.69, 9.17) is 9.47 Å². The molecular formula is C30H29NO4. The van der Waals surface area contributed by atoms with Gasteiger partial charge in [-0.1, -0.05) is 54.6 Å². The minimum atomic E-state index is -0.257. The van der Waals surface area contributed by atoms with Crippen LogP contribution >= 0.6 is 0 Å². The summed E-state index contributed by atoms with van der Waals surface area (Å²) in [5.41, 5.74) is 4.61. The Balaban J connectivity index is 1.37. The van der Waals surface area contributed by atoms with Gasteiger partial charge in [-0.05, 0) is 60.2 Å². The van der Waals surface area contributed by atoms with E-state index in [1.54, 1.807) is 0 Å². The molecule has 1 N–H and O–H groups in total. The van der Waals surface area contributed by atoms with Crippen molar-refractivity contribution in [1.29, 1.82) is 0 Å². The zero-order valence-electron chi connectivity index (χ0n) is 19.8. The van der Waals surface area contributed by atoms with Crippen LogP contribution in [-0.4, -0.2) is 18.3 Å². The monoisotopic (exact) mass is 467 g/mol. The Bertz CT molecular complexity index is 1250. The average molecular weight is 468 g/mol. The molecule has 1 amide bonds. The number of benzene rings is 3. The van der Waals surface area contributed by atoms with Gasteiger partial charge in [-0.25, -0.2) is 0 Å². The maximum Gasteiger partial charge on any atom is 0.225 e. The molecule has 0 spiro atoms. The van der Waals surface area contributed by atoms with E-state index in [1.165, 1.54) is 0 Å². The molecule has 1 aliphatic carbocycles. The van der Waals surface area contributed by atoms with Gasteiger partial charge in [0.2, 0.25) is 5.91 Å². The van der Waals surface area contributed by atoms with Crippen LogP contribution in [0.5, 0.6) is 11.5 Å². The highest BCUT2D eigenvalue weighted by Crippen LogP contribution is 2.43. The minimum absolute atomic E-state index is 0.0384. The molecule has 0 saturated heterocycles. The van der Waals surface area contributed by atoms with Crippen molar-refractivity contribution >= 4 is 11.7 Å². The number of Topliss-reactive ketones (excluding diaryl/α,β-unsaturated/α-hetero) is 1. The fourth-order valence-corrected chi connectivity index (χ4v) is 5.05. The molecule has 1 aliphatic heterocycles. The largest absolute Gasteiger partial charge is 0.494 e. The van der Waals surface area contributed by atoms with Crippen molar-refractivity contribution in [2.24, 2.45) is 0 Å². The number of hydrogen-bond acceptors (Lipinski definition) is 4. The molecule has 0 fully saturated rings. The van der Waals surface area contributed by atoms with Gasteiger partial charge in [-0.2, -0.15) is 0 Å². The molecule has 5 heteroatoms. The Morgan fingerprint density at radius 1 is 0.800 bits per heavy atom. The first-order valence-corrected chi connectivity index (χ1v) is 12.2. The van der Waals surface area contributed by atoms with E-state index in [0.29, 0.717) is 26.1 Å². The van der Waals surface area contributed by atoms with Gasteiger partial charge in [0.25, 0.3) is 0 Å². The molecule has 178 valence electrons. The Morgan fingerprint density at radius 3 is 2.37 bits per heavy atom. The molecule has 0 bridgehead atoms. The molecule has 3 aromatic rings. The van der Waals surface area contributed by atoms with Crippen LogP contribution in [0.2, 0.25) is 0 Å². The van der Waals surface area contributed by atoms with Gasteiger partial charge in [-0.3, -0.25) is 9.59 Å². The van der Waals surface area contributed by atoms with Crippen LogP contribution in [0, 0.1) is 0 Å². The van der Waals surface area contributed by atoms with Gasteiger partial charge in [0.1, 0.15) is 18.1 Å². The number of amides is 1. The van der Waals surface area contributed by atoms with Gasteiger partial charge in [0, 0.05) is 30.0 Å². The fraction of sp³-hybridized carbons (Fsp3) is 0.267. The summed E-state index contributed by atoms with van der Waals surface area (Å²) in [6.07, 6.45) is 1.34. The molecule has 2 unspecified atom stereocenters. The molecule has 0 saturated carbocycles. The SMILES string of the molecule is CCOc1ccc(C2CC(=O)C3=C(C2)NC(=O)CC3c2cccc(OCc3ccccc3)c2)cc1. The average Bonchev–Trinajstić information content (AvgIpc) is 2.88. The molecule has 1 heterocycles. The van der Waals surface area contributed by atoms with Crippen LogP contribution in [0.15, 0.2) is 90.1 Å². The number of allylic oxidation sites excluding steroid dienone is 2. The molecule has 2 atom stereocenters. The molecule has 3 aromatic carbocycles. The van der Waals surface area contributed by atoms with Crippen LogP contribution in [0.4, 0.5) is 0 Å². The van der Waals surface area contributed by atoms with Gasteiger partial charge >= 0.3 is 0 Å². The van der Waals surface area contributed by atoms with Crippen LogP contribution < -0.4 is 14.8 Å². The summed E-state index contributed by atoms with van der Waals surface area (Å²) in [6, 6.07) is 25.7. The van der Waals surface area contributed by atoms with Gasteiger partial charge < -0.3 is 14.8 Å². The van der Waals surface area contributed by atoms with E-state index in [-0.39, 0.29) is 29.9 Å². The first-order chi connectivity index (χ1) is 17.1. The summed E-state index contributed by atoms with van der Waals surface area (Å²) in [5, 5.41) is 3.01. The van der Waals surface area contributed by atoms with Crippen molar-refractivity contribution in [3.05, 3.63) is 107 Å². The van der Waals surface area contributed by atoms with Crippen molar-refractivity contribution < 1.29 is 19.1 Å². The first-order valence-electron chi connectivity index (χ1n) is 12.2. The highest BCUT2D eigenvalue weighted by molar-refractivity contribution is 6.02. The van der Waals surface area contributed by atoms with Gasteiger partial charge in [-0.15, -0.1) is 0 Å². The van der Waals surface area contributed by atoms with E-state index in [9.17, 15) is 9.59 Å². The second kappa shape index (κ2) is 10.2. The number of rotatable bonds is 7. The zero-order chi connectivity index (χ0) is 24.2. The number of ether oxygens (including phenoxy) is 2. The third kappa shape index (κ3) is 5.14. The van der Waals surface area contributed by atoms with Crippen LogP contribution in [0.1, 0.15) is 54.7 Å². The van der Waals surface area contributed by atoms with Crippen LogP contribution in [-0.2, 0) is 16.2 Å². The summed E-state index contributed by atoms with van der Waals surface area (Å²) in [7, 11) is 0. The van der Waals surface area contributed by atoms with Gasteiger partial charge in [0.15, 0.2) is 5.78 Å². The smallest absolute Gasteiger partial charge is 0.225 e. The summed E-state index contributed by atoms with van der Waals surface area (Å²) in [4.78, 5) is 26.1. The second-order valence-corrected chi connectivity index (χ2v) is 9.07. The molecule has 5 rings (SSSR count). The van der Waals surface area contributed by atoms with E-state index in [2.05, 4.69) is 5.32 Å². The predicted octanol–water partition coefficient (Wildman–Crippen LogP) is 5.67. The second-order valence-electron chi connectivity index (χ2n) is 9.07. The molecule has 35 heavy (non-hydrogen) atoms. The van der Waals surface area contributed by atoms with Crippen molar-refractivity contribution in [1.82, 2.24) is 5.32 Å². The summed E-state index contributed by atoms with van der Waals surface area (Å²) in [6.45, 7) is 3.03. The summed E-state index contributed by atoms with van der Waals surface area (Å²) < 4.78 is 11.5. The number of hydrogen-bond donors (Lipinski definition) is 1. The van der Waals surface area contributed by atoms with E-state index >= 15 is 0 Å². The lowest BCUT2D eigenvalue weighted by atomic mass is 9.73. The summed E-state index contributed by atoms with van der Waals surface area (Å²) >= 11 is 0. The summed E-state index contributed by atoms with van der Waals surface area (Å²) in [5.74, 6) is 1.38. The van der Waals surface area contributed by atoms with E-state index in [0.717, 1.165) is 39.5 Å². The lowest BCUT2D eigenvalue weighted by molar-refractivity contribution is -0.122. The number of carbonyl (C=O) groups is 2. The Hall–Kier alpha value is -3.86. The topological polar surface area (TPSA) is 64.6 Å². The minimum Gasteiger partial charge on any atom is -0.494 e. The molecule has 0 radical (unpaired) electrons. The van der Waals surface area contributed by atoms with Crippen molar-refractivity contribution in [3.8, 4) is 11.5 Å². The van der Waals surface area contributed by atoms with E-state index in [1.807, 2.05) is 85.8 Å². The maximum absolute atomic E-state index is 13.4. The third-order valence-corrected chi connectivity index (χ3v) is 6.71. The third-order valence-electron chi connectivity index (χ3n) is 6.71. The Kier molecular flexibility index (Phi) is 6.66.